The van der Waals surface area contributed by atoms with Crippen molar-refractivity contribution in [2.75, 3.05) is 5.32 Å². The second-order valence-corrected chi connectivity index (χ2v) is 6.11. The fourth-order valence-corrected chi connectivity index (χ4v) is 1.87. The van der Waals surface area contributed by atoms with Crippen molar-refractivity contribution < 1.29 is 19.4 Å². The molecule has 0 bridgehead atoms. The minimum Gasteiger partial charge on any atom is -0.481 e. The Balaban J connectivity index is 2.90. The highest BCUT2D eigenvalue weighted by molar-refractivity contribution is 5.86. The predicted octanol–water partition coefficient (Wildman–Crippen LogP) is 3.67. The number of carbonyl (C=O) groups excluding carboxylic acids is 1. The van der Waals surface area contributed by atoms with Gasteiger partial charge in [0, 0.05) is 12.1 Å². The summed E-state index contributed by atoms with van der Waals surface area (Å²) in [5, 5.41) is 11.5. The van der Waals surface area contributed by atoms with Gasteiger partial charge in [0.1, 0.15) is 5.60 Å². The minimum atomic E-state index is -0.838. The van der Waals surface area contributed by atoms with Crippen LogP contribution in [-0.4, -0.2) is 22.8 Å². The van der Waals surface area contributed by atoms with Gasteiger partial charge in [-0.1, -0.05) is 6.07 Å². The van der Waals surface area contributed by atoms with Crippen LogP contribution in [0.1, 0.15) is 43.9 Å². The normalized spacial score (nSPS) is 11.1. The molecule has 0 atom stereocenters. The Labute approximate surface area is 125 Å². The number of benzene rings is 1. The Hall–Kier alpha value is -2.04. The summed E-state index contributed by atoms with van der Waals surface area (Å²) in [7, 11) is 0. The Morgan fingerprint density at radius 2 is 1.86 bits per heavy atom. The van der Waals surface area contributed by atoms with Crippen molar-refractivity contribution in [3.63, 3.8) is 0 Å². The quantitative estimate of drug-likeness (QED) is 0.888. The second-order valence-electron chi connectivity index (χ2n) is 6.11. The molecule has 1 rings (SSSR count). The minimum absolute atomic E-state index is 0.0639. The molecule has 1 amide bonds. The molecule has 0 spiro atoms. The number of anilines is 1. The van der Waals surface area contributed by atoms with E-state index in [-0.39, 0.29) is 6.42 Å². The molecule has 0 unspecified atom stereocenters. The number of ether oxygens (including phenoxy) is 1. The van der Waals surface area contributed by atoms with Crippen molar-refractivity contribution in [1.82, 2.24) is 0 Å². The Bertz CT molecular complexity index is 544. The molecule has 0 radical (unpaired) electrons. The fourth-order valence-electron chi connectivity index (χ4n) is 1.87. The van der Waals surface area contributed by atoms with E-state index in [1.54, 1.807) is 26.8 Å². The molecule has 0 fully saturated rings. The summed E-state index contributed by atoms with van der Waals surface area (Å²) in [5.74, 6) is -0.838. The third kappa shape index (κ3) is 5.85. The molecule has 0 saturated carbocycles. The number of carboxylic acids is 1. The van der Waals surface area contributed by atoms with Gasteiger partial charge in [0.25, 0.3) is 0 Å². The molecule has 0 aliphatic rings. The second kappa shape index (κ2) is 6.61. The predicted molar refractivity (Wildman–Crippen MR) is 81.7 cm³/mol. The van der Waals surface area contributed by atoms with E-state index in [1.165, 1.54) is 0 Å². The van der Waals surface area contributed by atoms with Crippen LogP contribution in [0.4, 0.5) is 10.5 Å². The van der Waals surface area contributed by atoms with E-state index in [2.05, 4.69) is 5.32 Å². The summed E-state index contributed by atoms with van der Waals surface area (Å²) in [5.41, 5.74) is 2.92. The Morgan fingerprint density at radius 1 is 1.24 bits per heavy atom. The van der Waals surface area contributed by atoms with E-state index in [9.17, 15) is 9.59 Å². The van der Waals surface area contributed by atoms with E-state index in [1.807, 2.05) is 19.9 Å². The molecular weight excluding hydrogens is 270 g/mol. The van der Waals surface area contributed by atoms with Crippen LogP contribution in [-0.2, 0) is 16.0 Å². The lowest BCUT2D eigenvalue weighted by Crippen LogP contribution is -2.27. The Kier molecular flexibility index (Phi) is 5.35. The van der Waals surface area contributed by atoms with Gasteiger partial charge in [-0.25, -0.2) is 4.79 Å². The summed E-state index contributed by atoms with van der Waals surface area (Å²) >= 11 is 0. The third-order valence-corrected chi connectivity index (χ3v) is 2.99. The van der Waals surface area contributed by atoms with Crippen LogP contribution in [0.15, 0.2) is 12.1 Å². The number of rotatable bonds is 4. The first-order valence-electron chi connectivity index (χ1n) is 6.90. The largest absolute Gasteiger partial charge is 0.481 e. The molecule has 5 heteroatoms. The van der Waals surface area contributed by atoms with Crippen LogP contribution in [0.3, 0.4) is 0 Å². The summed E-state index contributed by atoms with van der Waals surface area (Å²) in [6.45, 7) is 9.23. The smallest absolute Gasteiger partial charge is 0.412 e. The number of carboxylic acid groups (broad SMARTS) is 1. The van der Waals surface area contributed by atoms with E-state index in [0.29, 0.717) is 12.1 Å². The zero-order chi connectivity index (χ0) is 16.2. The highest BCUT2D eigenvalue weighted by Crippen LogP contribution is 2.23. The number of amides is 1. The molecule has 0 aromatic heterocycles. The number of carbonyl (C=O) groups is 2. The molecule has 1 aromatic carbocycles. The third-order valence-electron chi connectivity index (χ3n) is 2.99. The molecule has 5 nitrogen and oxygen atoms in total. The van der Waals surface area contributed by atoms with E-state index in [4.69, 9.17) is 9.84 Å². The monoisotopic (exact) mass is 293 g/mol. The van der Waals surface area contributed by atoms with Gasteiger partial charge < -0.3 is 9.84 Å². The van der Waals surface area contributed by atoms with Crippen molar-refractivity contribution in [2.24, 2.45) is 0 Å². The molecule has 0 aliphatic heterocycles. The van der Waals surface area contributed by atoms with Crippen LogP contribution in [0, 0.1) is 13.8 Å². The van der Waals surface area contributed by atoms with Gasteiger partial charge >= 0.3 is 12.1 Å². The van der Waals surface area contributed by atoms with Gasteiger partial charge in [-0.05, 0) is 63.8 Å². The molecular formula is C16H23NO4. The van der Waals surface area contributed by atoms with Crippen LogP contribution >= 0.6 is 0 Å². The van der Waals surface area contributed by atoms with Crippen LogP contribution < -0.4 is 5.32 Å². The number of aryl methyl sites for hydroxylation is 2. The standard InChI is InChI=1S/C16H23NO4/c1-10-8-12(6-7-14(18)19)9-13(11(10)2)17-15(20)21-16(3,4)5/h8-9H,6-7H2,1-5H3,(H,17,20)(H,18,19). The first kappa shape index (κ1) is 17.0. The SMILES string of the molecule is Cc1cc(CCC(=O)O)cc(NC(=O)OC(C)(C)C)c1C. The highest BCUT2D eigenvalue weighted by atomic mass is 16.6. The number of aliphatic carboxylic acids is 1. The van der Waals surface area contributed by atoms with E-state index < -0.39 is 17.7 Å². The summed E-state index contributed by atoms with van der Waals surface area (Å²) < 4.78 is 5.23. The average molecular weight is 293 g/mol. The van der Waals surface area contributed by atoms with Crippen molar-refractivity contribution in [1.29, 1.82) is 0 Å². The van der Waals surface area contributed by atoms with E-state index >= 15 is 0 Å². The van der Waals surface area contributed by atoms with Gasteiger partial charge in [0.05, 0.1) is 0 Å². The molecule has 1 aromatic rings. The molecule has 116 valence electrons. The summed E-state index contributed by atoms with van der Waals surface area (Å²) in [6, 6.07) is 3.74. The number of hydrogen-bond donors (Lipinski definition) is 2. The molecule has 0 heterocycles. The maximum Gasteiger partial charge on any atom is 0.412 e. The molecule has 21 heavy (non-hydrogen) atoms. The van der Waals surface area contributed by atoms with Gasteiger partial charge in [0.15, 0.2) is 0 Å². The van der Waals surface area contributed by atoms with Gasteiger partial charge in [-0.2, -0.15) is 0 Å². The topological polar surface area (TPSA) is 75.6 Å². The first-order chi connectivity index (χ1) is 9.58. The average Bonchev–Trinajstić information content (AvgIpc) is 2.30. The van der Waals surface area contributed by atoms with Crippen LogP contribution in [0.25, 0.3) is 0 Å². The van der Waals surface area contributed by atoms with Crippen molar-refractivity contribution >= 4 is 17.7 Å². The zero-order valence-corrected chi connectivity index (χ0v) is 13.2. The zero-order valence-electron chi connectivity index (χ0n) is 13.2. The van der Waals surface area contributed by atoms with Crippen molar-refractivity contribution in [2.45, 2.75) is 53.1 Å². The lowest BCUT2D eigenvalue weighted by molar-refractivity contribution is -0.136. The fraction of sp³-hybridized carbons (Fsp3) is 0.500. The summed E-state index contributed by atoms with van der Waals surface area (Å²) in [6.07, 6.45) is -0.0197. The number of nitrogens with one attached hydrogen (secondary N) is 1. The van der Waals surface area contributed by atoms with Gasteiger partial charge in [0.2, 0.25) is 0 Å². The maximum absolute atomic E-state index is 11.8. The van der Waals surface area contributed by atoms with Crippen LogP contribution in [0.2, 0.25) is 0 Å². The van der Waals surface area contributed by atoms with Gasteiger partial charge in [-0.15, -0.1) is 0 Å². The van der Waals surface area contributed by atoms with Crippen molar-refractivity contribution in [3.8, 4) is 0 Å². The Morgan fingerprint density at radius 3 is 2.38 bits per heavy atom. The number of hydrogen-bond acceptors (Lipinski definition) is 3. The molecule has 2 N–H and O–H groups in total. The molecule has 0 saturated heterocycles. The lowest BCUT2D eigenvalue weighted by Gasteiger charge is -2.21. The lowest BCUT2D eigenvalue weighted by atomic mass is 10.0. The van der Waals surface area contributed by atoms with Crippen LogP contribution in [0.5, 0.6) is 0 Å². The maximum atomic E-state index is 11.8. The molecule has 0 aliphatic carbocycles. The highest BCUT2D eigenvalue weighted by Gasteiger charge is 2.17. The summed E-state index contributed by atoms with van der Waals surface area (Å²) in [4.78, 5) is 22.5. The van der Waals surface area contributed by atoms with E-state index in [0.717, 1.165) is 16.7 Å². The van der Waals surface area contributed by atoms with Gasteiger partial charge in [-0.3, -0.25) is 10.1 Å². The first-order valence-corrected chi connectivity index (χ1v) is 6.90. The van der Waals surface area contributed by atoms with Crippen molar-refractivity contribution in [3.05, 3.63) is 28.8 Å².